The SMILES string of the molecule is O=Nc1[nH]c(O)c2cccnc12. The molecule has 0 spiro atoms. The first-order valence-corrected chi connectivity index (χ1v) is 3.32. The van der Waals surface area contributed by atoms with E-state index in [2.05, 4.69) is 15.1 Å². The van der Waals surface area contributed by atoms with Gasteiger partial charge in [-0.3, -0.25) is 4.98 Å². The summed E-state index contributed by atoms with van der Waals surface area (Å²) in [4.78, 5) is 16.5. The molecular weight excluding hydrogens is 158 g/mol. The van der Waals surface area contributed by atoms with Crippen molar-refractivity contribution in [2.24, 2.45) is 5.18 Å². The van der Waals surface area contributed by atoms with Gasteiger partial charge in [0.05, 0.1) is 5.39 Å². The first kappa shape index (κ1) is 6.78. The minimum atomic E-state index is -0.0762. The molecule has 2 heterocycles. The predicted molar refractivity (Wildman–Crippen MR) is 43.2 cm³/mol. The summed E-state index contributed by atoms with van der Waals surface area (Å²) in [5.74, 6) is -0.0178. The summed E-state index contributed by atoms with van der Waals surface area (Å²) in [5.41, 5.74) is 0.394. The van der Waals surface area contributed by atoms with Gasteiger partial charge >= 0.3 is 0 Å². The van der Waals surface area contributed by atoms with Gasteiger partial charge in [-0.15, -0.1) is 4.91 Å². The number of nitrogens with one attached hydrogen (secondary N) is 1. The molecule has 0 aliphatic heterocycles. The van der Waals surface area contributed by atoms with E-state index < -0.39 is 0 Å². The van der Waals surface area contributed by atoms with Crippen LogP contribution in [0.25, 0.3) is 10.9 Å². The van der Waals surface area contributed by atoms with E-state index in [1.54, 1.807) is 12.1 Å². The van der Waals surface area contributed by atoms with Gasteiger partial charge < -0.3 is 10.1 Å². The highest BCUT2D eigenvalue weighted by Gasteiger charge is 2.09. The topological polar surface area (TPSA) is 78.3 Å². The number of hydrogen-bond donors (Lipinski definition) is 2. The molecule has 0 saturated heterocycles. The van der Waals surface area contributed by atoms with E-state index in [0.717, 1.165) is 0 Å². The second-order valence-corrected chi connectivity index (χ2v) is 2.31. The van der Waals surface area contributed by atoms with Crippen LogP contribution in [0.2, 0.25) is 0 Å². The van der Waals surface area contributed by atoms with Crippen LogP contribution in [-0.4, -0.2) is 15.1 Å². The Kier molecular flexibility index (Phi) is 1.30. The molecule has 12 heavy (non-hydrogen) atoms. The maximum atomic E-state index is 10.2. The Morgan fingerprint density at radius 1 is 1.58 bits per heavy atom. The lowest BCUT2D eigenvalue weighted by molar-refractivity contribution is 0.463. The fraction of sp³-hybridized carbons (Fsp3) is 0. The van der Waals surface area contributed by atoms with E-state index in [4.69, 9.17) is 0 Å². The monoisotopic (exact) mass is 163 g/mol. The predicted octanol–water partition coefficient (Wildman–Crippen LogP) is 1.67. The third kappa shape index (κ3) is 0.763. The number of pyridine rings is 1. The fourth-order valence-corrected chi connectivity index (χ4v) is 1.09. The highest BCUT2D eigenvalue weighted by Crippen LogP contribution is 2.30. The maximum absolute atomic E-state index is 10.2. The number of nitroso groups, excluding NO2 is 1. The average Bonchev–Trinajstić information content (AvgIpc) is 2.44. The third-order valence-corrected chi connectivity index (χ3v) is 1.62. The van der Waals surface area contributed by atoms with Crippen molar-refractivity contribution in [3.63, 3.8) is 0 Å². The van der Waals surface area contributed by atoms with E-state index in [-0.39, 0.29) is 11.7 Å². The largest absolute Gasteiger partial charge is 0.494 e. The van der Waals surface area contributed by atoms with Crippen molar-refractivity contribution >= 4 is 16.7 Å². The standard InChI is InChI=1S/C7H5N3O2/c11-7-4-2-1-3-8-5(4)6(9-7)10-12/h1-3,9,11H. The Morgan fingerprint density at radius 2 is 2.42 bits per heavy atom. The molecule has 2 aromatic heterocycles. The quantitative estimate of drug-likeness (QED) is 0.627. The average molecular weight is 163 g/mol. The van der Waals surface area contributed by atoms with Gasteiger partial charge in [0.1, 0.15) is 5.52 Å². The Bertz CT molecular complexity index is 435. The van der Waals surface area contributed by atoms with Crippen molar-refractivity contribution in [1.82, 2.24) is 9.97 Å². The van der Waals surface area contributed by atoms with E-state index in [1.807, 2.05) is 0 Å². The van der Waals surface area contributed by atoms with Gasteiger partial charge in [-0.1, -0.05) is 0 Å². The molecule has 0 bridgehead atoms. The summed E-state index contributed by atoms with van der Waals surface area (Å²) in [5, 5.41) is 12.4. The van der Waals surface area contributed by atoms with Crippen LogP contribution in [0, 0.1) is 4.91 Å². The molecule has 0 aliphatic carbocycles. The summed E-state index contributed by atoms with van der Waals surface area (Å²) >= 11 is 0. The lowest BCUT2D eigenvalue weighted by Gasteiger charge is -1.85. The van der Waals surface area contributed by atoms with E-state index in [0.29, 0.717) is 10.9 Å². The lowest BCUT2D eigenvalue weighted by atomic mass is 10.3. The molecule has 5 nitrogen and oxygen atoms in total. The number of H-pyrrole nitrogens is 1. The Hall–Kier alpha value is -1.91. The summed E-state index contributed by atoms with van der Waals surface area (Å²) in [6.07, 6.45) is 1.53. The number of aromatic nitrogens is 2. The molecule has 0 unspecified atom stereocenters. The van der Waals surface area contributed by atoms with Crippen molar-refractivity contribution in [1.29, 1.82) is 0 Å². The van der Waals surface area contributed by atoms with Crippen LogP contribution >= 0.6 is 0 Å². The number of aromatic amines is 1. The highest BCUT2D eigenvalue weighted by atomic mass is 16.3. The van der Waals surface area contributed by atoms with Crippen molar-refractivity contribution in [2.75, 3.05) is 0 Å². The number of nitrogens with zero attached hydrogens (tertiary/aromatic N) is 2. The molecule has 0 saturated carbocycles. The normalized spacial score (nSPS) is 10.3. The van der Waals surface area contributed by atoms with Crippen LogP contribution in [0.3, 0.4) is 0 Å². The van der Waals surface area contributed by atoms with Gasteiger partial charge in [-0.05, 0) is 17.3 Å². The zero-order chi connectivity index (χ0) is 8.55. The van der Waals surface area contributed by atoms with Crippen molar-refractivity contribution < 1.29 is 5.11 Å². The van der Waals surface area contributed by atoms with Crippen molar-refractivity contribution in [3.05, 3.63) is 23.2 Å². The minimum Gasteiger partial charge on any atom is -0.494 e. The Labute approximate surface area is 67.0 Å². The van der Waals surface area contributed by atoms with Gasteiger partial charge in [0.25, 0.3) is 0 Å². The lowest BCUT2D eigenvalue weighted by Crippen LogP contribution is -1.69. The number of fused-ring (bicyclic) bond motifs is 1. The van der Waals surface area contributed by atoms with E-state index >= 15 is 0 Å². The minimum absolute atomic E-state index is 0.0584. The van der Waals surface area contributed by atoms with Gasteiger partial charge in [0.2, 0.25) is 5.82 Å². The highest BCUT2D eigenvalue weighted by molar-refractivity contribution is 5.92. The van der Waals surface area contributed by atoms with Crippen LogP contribution in [0.1, 0.15) is 0 Å². The van der Waals surface area contributed by atoms with E-state index in [1.165, 1.54) is 6.20 Å². The molecule has 0 fully saturated rings. The number of aromatic hydroxyl groups is 1. The number of rotatable bonds is 1. The molecule has 60 valence electrons. The van der Waals surface area contributed by atoms with Gasteiger partial charge in [0, 0.05) is 6.20 Å². The van der Waals surface area contributed by atoms with Crippen molar-refractivity contribution in [2.45, 2.75) is 0 Å². The first-order valence-electron chi connectivity index (χ1n) is 3.32. The molecule has 0 atom stereocenters. The number of hydrogen-bond acceptors (Lipinski definition) is 4. The van der Waals surface area contributed by atoms with Gasteiger partial charge in [0.15, 0.2) is 5.88 Å². The van der Waals surface area contributed by atoms with Crippen LogP contribution < -0.4 is 0 Å². The molecule has 0 amide bonds. The summed E-state index contributed by atoms with van der Waals surface area (Å²) < 4.78 is 0. The fourth-order valence-electron chi connectivity index (χ4n) is 1.09. The first-order chi connectivity index (χ1) is 5.83. The third-order valence-electron chi connectivity index (χ3n) is 1.62. The summed E-state index contributed by atoms with van der Waals surface area (Å²) in [7, 11) is 0. The second-order valence-electron chi connectivity index (χ2n) is 2.31. The second kappa shape index (κ2) is 2.30. The van der Waals surface area contributed by atoms with Crippen molar-refractivity contribution in [3.8, 4) is 5.88 Å². The maximum Gasteiger partial charge on any atom is 0.204 e. The molecule has 2 rings (SSSR count). The molecule has 2 aromatic rings. The molecular formula is C7H5N3O2. The molecule has 0 aromatic carbocycles. The molecule has 0 radical (unpaired) electrons. The van der Waals surface area contributed by atoms with Gasteiger partial charge in [-0.25, -0.2) is 0 Å². The van der Waals surface area contributed by atoms with E-state index in [9.17, 15) is 10.0 Å². The van der Waals surface area contributed by atoms with Crippen LogP contribution in [0.5, 0.6) is 5.88 Å². The Morgan fingerprint density at radius 3 is 3.17 bits per heavy atom. The smallest absolute Gasteiger partial charge is 0.204 e. The zero-order valence-electron chi connectivity index (χ0n) is 5.98. The molecule has 0 aliphatic rings. The molecule has 2 N–H and O–H groups in total. The molecule has 5 heteroatoms. The van der Waals surface area contributed by atoms with Crippen LogP contribution in [-0.2, 0) is 0 Å². The van der Waals surface area contributed by atoms with Gasteiger partial charge in [-0.2, -0.15) is 0 Å². The van der Waals surface area contributed by atoms with Crippen LogP contribution in [0.4, 0.5) is 5.82 Å². The Balaban J connectivity index is 2.91. The summed E-state index contributed by atoms with van der Waals surface area (Å²) in [6, 6.07) is 3.33. The van der Waals surface area contributed by atoms with Crippen LogP contribution in [0.15, 0.2) is 23.5 Å². The zero-order valence-corrected chi connectivity index (χ0v) is 5.98. The summed E-state index contributed by atoms with van der Waals surface area (Å²) in [6.45, 7) is 0.